The summed E-state index contributed by atoms with van der Waals surface area (Å²) < 4.78 is 10.5. The molecule has 0 heterocycles. The molecule has 2 aromatic carbocycles. The van der Waals surface area contributed by atoms with Crippen molar-refractivity contribution in [1.82, 2.24) is 0 Å². The first kappa shape index (κ1) is 13.7. The molecule has 0 saturated heterocycles. The molecule has 2 unspecified atom stereocenters. The van der Waals surface area contributed by atoms with Crippen LogP contribution in [0.4, 0.5) is 0 Å². The predicted octanol–water partition coefficient (Wildman–Crippen LogP) is 3.69. The summed E-state index contributed by atoms with van der Waals surface area (Å²) in [7, 11) is 3.18. The topological polar surface area (TPSA) is 35.5 Å². The highest BCUT2D eigenvalue weighted by molar-refractivity contribution is 6.01. The van der Waals surface area contributed by atoms with Crippen molar-refractivity contribution in [2.45, 2.75) is 12.3 Å². The summed E-state index contributed by atoms with van der Waals surface area (Å²) in [4.78, 5) is 12.6. The molecule has 1 aliphatic carbocycles. The van der Waals surface area contributed by atoms with Gasteiger partial charge in [0.1, 0.15) is 11.5 Å². The minimum Gasteiger partial charge on any atom is -0.497 e. The molecule has 3 rings (SSSR count). The van der Waals surface area contributed by atoms with Crippen molar-refractivity contribution in [1.29, 1.82) is 0 Å². The lowest BCUT2D eigenvalue weighted by molar-refractivity contribution is 0.0964. The maximum atomic E-state index is 12.6. The van der Waals surface area contributed by atoms with Gasteiger partial charge in [-0.05, 0) is 30.0 Å². The lowest BCUT2D eigenvalue weighted by atomic mass is 10.0. The molecule has 2 atom stereocenters. The van der Waals surface area contributed by atoms with Crippen LogP contribution in [0.5, 0.6) is 11.5 Å². The van der Waals surface area contributed by atoms with E-state index < -0.39 is 0 Å². The van der Waals surface area contributed by atoms with E-state index in [-0.39, 0.29) is 11.7 Å². The summed E-state index contributed by atoms with van der Waals surface area (Å²) in [6.07, 6.45) is 0.919. The van der Waals surface area contributed by atoms with Gasteiger partial charge < -0.3 is 9.47 Å². The molecule has 0 spiro atoms. The van der Waals surface area contributed by atoms with E-state index in [0.29, 0.717) is 23.0 Å². The van der Waals surface area contributed by atoms with Crippen LogP contribution in [0, 0.1) is 5.92 Å². The normalized spacial score (nSPS) is 19.9. The zero-order valence-electron chi connectivity index (χ0n) is 12.2. The average Bonchev–Trinajstić information content (AvgIpc) is 3.35. The van der Waals surface area contributed by atoms with Crippen molar-refractivity contribution in [3.8, 4) is 11.5 Å². The van der Waals surface area contributed by atoms with Gasteiger partial charge in [0.05, 0.1) is 14.2 Å². The van der Waals surface area contributed by atoms with E-state index in [2.05, 4.69) is 12.1 Å². The summed E-state index contributed by atoms with van der Waals surface area (Å²) in [5, 5.41) is 0. The number of methoxy groups -OCH3 is 2. The van der Waals surface area contributed by atoms with Gasteiger partial charge >= 0.3 is 0 Å². The molecule has 2 aromatic rings. The number of ether oxygens (including phenoxy) is 2. The Kier molecular flexibility index (Phi) is 3.65. The van der Waals surface area contributed by atoms with E-state index in [0.717, 1.165) is 6.42 Å². The predicted molar refractivity (Wildman–Crippen MR) is 81.2 cm³/mol. The van der Waals surface area contributed by atoms with Crippen LogP contribution in [0.3, 0.4) is 0 Å². The molecule has 1 saturated carbocycles. The second-order valence-corrected chi connectivity index (χ2v) is 5.32. The van der Waals surface area contributed by atoms with E-state index in [1.807, 2.05) is 18.2 Å². The number of carbonyl (C=O) groups is 1. The van der Waals surface area contributed by atoms with Crippen molar-refractivity contribution in [2.75, 3.05) is 14.2 Å². The molecule has 3 nitrogen and oxygen atoms in total. The van der Waals surface area contributed by atoms with Crippen molar-refractivity contribution >= 4 is 5.78 Å². The fraction of sp³-hybridized carbons (Fsp3) is 0.278. The van der Waals surface area contributed by atoms with Crippen LogP contribution < -0.4 is 9.47 Å². The van der Waals surface area contributed by atoms with Crippen LogP contribution in [-0.2, 0) is 0 Å². The van der Waals surface area contributed by atoms with Gasteiger partial charge in [-0.2, -0.15) is 0 Å². The number of carbonyl (C=O) groups excluding carboxylic acids is 1. The number of hydrogen-bond donors (Lipinski definition) is 0. The number of ketones is 1. The maximum absolute atomic E-state index is 12.6. The summed E-state index contributed by atoms with van der Waals surface area (Å²) in [6.45, 7) is 0. The number of benzene rings is 2. The maximum Gasteiger partial charge on any atom is 0.166 e. The summed E-state index contributed by atoms with van der Waals surface area (Å²) >= 11 is 0. The summed E-state index contributed by atoms with van der Waals surface area (Å²) in [5.74, 6) is 1.88. The molecule has 0 amide bonds. The minimum absolute atomic E-state index is 0.0733. The van der Waals surface area contributed by atoms with E-state index in [1.54, 1.807) is 32.4 Å². The molecule has 21 heavy (non-hydrogen) atoms. The SMILES string of the molecule is COc1cc(OC)cc(C(=O)C2CC2c2ccccc2)c1. The van der Waals surface area contributed by atoms with Gasteiger partial charge in [0.25, 0.3) is 0 Å². The first-order valence-electron chi connectivity index (χ1n) is 7.05. The van der Waals surface area contributed by atoms with E-state index in [1.165, 1.54) is 5.56 Å². The highest BCUT2D eigenvalue weighted by atomic mass is 16.5. The molecule has 1 aliphatic rings. The third-order valence-corrected chi connectivity index (χ3v) is 3.99. The largest absolute Gasteiger partial charge is 0.497 e. The highest BCUT2D eigenvalue weighted by Gasteiger charge is 2.44. The van der Waals surface area contributed by atoms with Gasteiger partial charge in [0.2, 0.25) is 0 Å². The molecule has 108 valence electrons. The summed E-state index contributed by atoms with van der Waals surface area (Å²) in [6, 6.07) is 15.5. The Hall–Kier alpha value is -2.29. The van der Waals surface area contributed by atoms with Crippen molar-refractivity contribution in [3.05, 3.63) is 59.7 Å². The van der Waals surface area contributed by atoms with Crippen LogP contribution in [0.25, 0.3) is 0 Å². The Morgan fingerprint density at radius 1 is 1.00 bits per heavy atom. The van der Waals surface area contributed by atoms with E-state index in [4.69, 9.17) is 9.47 Å². The Morgan fingerprint density at radius 2 is 1.62 bits per heavy atom. The van der Waals surface area contributed by atoms with Gasteiger partial charge in [-0.1, -0.05) is 30.3 Å². The van der Waals surface area contributed by atoms with Crippen molar-refractivity contribution in [2.24, 2.45) is 5.92 Å². The molecular formula is C18H18O3. The number of Topliss-reactive ketones (excluding diaryl/α,β-unsaturated/α-hetero) is 1. The first-order chi connectivity index (χ1) is 10.2. The lowest BCUT2D eigenvalue weighted by Gasteiger charge is -2.08. The standard InChI is InChI=1S/C18H18O3/c1-20-14-8-13(9-15(10-14)21-2)18(19)17-11-16(17)12-6-4-3-5-7-12/h3-10,16-17H,11H2,1-2H3. The minimum atomic E-state index is 0.0733. The Balaban J connectivity index is 1.81. The first-order valence-corrected chi connectivity index (χ1v) is 7.05. The van der Waals surface area contributed by atoms with Crippen LogP contribution in [-0.4, -0.2) is 20.0 Å². The smallest absolute Gasteiger partial charge is 0.166 e. The monoisotopic (exact) mass is 282 g/mol. The van der Waals surface area contributed by atoms with Gasteiger partial charge in [0.15, 0.2) is 5.78 Å². The molecule has 3 heteroatoms. The van der Waals surface area contributed by atoms with E-state index in [9.17, 15) is 4.79 Å². The van der Waals surface area contributed by atoms with Crippen molar-refractivity contribution < 1.29 is 14.3 Å². The number of rotatable bonds is 5. The third-order valence-electron chi connectivity index (χ3n) is 3.99. The summed E-state index contributed by atoms with van der Waals surface area (Å²) in [5.41, 5.74) is 1.90. The molecule has 0 aromatic heterocycles. The average molecular weight is 282 g/mol. The lowest BCUT2D eigenvalue weighted by Crippen LogP contribution is -2.04. The zero-order valence-corrected chi connectivity index (χ0v) is 12.2. The van der Waals surface area contributed by atoms with Crippen LogP contribution in [0.15, 0.2) is 48.5 Å². The molecule has 0 N–H and O–H groups in total. The van der Waals surface area contributed by atoms with Crippen LogP contribution in [0.2, 0.25) is 0 Å². The molecule has 1 fully saturated rings. The highest BCUT2D eigenvalue weighted by Crippen LogP contribution is 2.49. The Labute approximate surface area is 124 Å². The van der Waals surface area contributed by atoms with Crippen LogP contribution in [0.1, 0.15) is 28.3 Å². The fourth-order valence-corrected chi connectivity index (χ4v) is 2.72. The fourth-order valence-electron chi connectivity index (χ4n) is 2.72. The van der Waals surface area contributed by atoms with Gasteiger partial charge in [-0.25, -0.2) is 0 Å². The zero-order chi connectivity index (χ0) is 14.8. The third kappa shape index (κ3) is 2.77. The molecular weight excluding hydrogens is 264 g/mol. The molecule has 0 radical (unpaired) electrons. The van der Waals surface area contributed by atoms with Gasteiger partial charge in [-0.15, -0.1) is 0 Å². The van der Waals surface area contributed by atoms with Gasteiger partial charge in [-0.3, -0.25) is 4.79 Å². The molecule has 0 aliphatic heterocycles. The Morgan fingerprint density at radius 3 is 2.19 bits per heavy atom. The number of hydrogen-bond acceptors (Lipinski definition) is 3. The second kappa shape index (κ2) is 5.60. The van der Waals surface area contributed by atoms with Crippen LogP contribution >= 0.6 is 0 Å². The quantitative estimate of drug-likeness (QED) is 0.785. The second-order valence-electron chi connectivity index (χ2n) is 5.32. The van der Waals surface area contributed by atoms with Crippen molar-refractivity contribution in [3.63, 3.8) is 0 Å². The Bertz CT molecular complexity index is 627. The molecule has 0 bridgehead atoms. The van der Waals surface area contributed by atoms with E-state index >= 15 is 0 Å². The van der Waals surface area contributed by atoms with Gasteiger partial charge in [0, 0.05) is 17.5 Å².